The van der Waals surface area contributed by atoms with Crippen LogP contribution in [0.3, 0.4) is 0 Å². The monoisotopic (exact) mass is 396 g/mol. The van der Waals surface area contributed by atoms with E-state index in [4.69, 9.17) is 0 Å². The molecule has 0 aliphatic carbocycles. The van der Waals surface area contributed by atoms with Gasteiger partial charge in [0.15, 0.2) is 0 Å². The van der Waals surface area contributed by atoms with Gasteiger partial charge in [0, 0.05) is 13.6 Å². The largest absolute Gasteiger partial charge is 0.352 e. The number of amides is 1. The minimum Gasteiger partial charge on any atom is -0.340 e. The fourth-order valence-electron chi connectivity index (χ4n) is 2.78. The molecular weight excluding hydrogens is 375 g/mol. The molecule has 3 rings (SSSR count). The van der Waals surface area contributed by atoms with E-state index in [0.717, 1.165) is 14.8 Å². The normalized spacial score (nSPS) is 10.8. The number of halogens is 1. The molecule has 0 fully saturated rings. The Morgan fingerprint density at radius 3 is 2.45 bits per heavy atom. The Labute approximate surface area is 166 Å². The standard InChI is InChI=1S/C21H21FN4O3/c1-4-24(3)19(27)18-20(28)25(13-15-6-5-7-16(22)12-15)21(29)26(23-18)17-10-8-14(2)9-11-17/h5-12H,4,13H2,1-3H3. The molecule has 0 saturated carbocycles. The fraction of sp³-hybridized carbons (Fsp3) is 0.238. The van der Waals surface area contributed by atoms with Crippen LogP contribution in [0.15, 0.2) is 58.1 Å². The van der Waals surface area contributed by atoms with E-state index in [9.17, 15) is 18.8 Å². The van der Waals surface area contributed by atoms with Crippen molar-refractivity contribution < 1.29 is 9.18 Å². The Morgan fingerprint density at radius 1 is 1.14 bits per heavy atom. The maximum absolute atomic E-state index is 13.6. The molecule has 2 aromatic carbocycles. The summed E-state index contributed by atoms with van der Waals surface area (Å²) in [4.78, 5) is 40.0. The van der Waals surface area contributed by atoms with Crippen LogP contribution in [0.2, 0.25) is 0 Å². The van der Waals surface area contributed by atoms with E-state index < -0.39 is 23.0 Å². The van der Waals surface area contributed by atoms with Crippen molar-refractivity contribution in [1.82, 2.24) is 19.2 Å². The van der Waals surface area contributed by atoms with Crippen LogP contribution in [0, 0.1) is 12.7 Å². The molecular formula is C21H21FN4O3. The number of nitrogens with zero attached hydrogens (tertiary/aromatic N) is 4. The first-order chi connectivity index (χ1) is 13.8. The summed E-state index contributed by atoms with van der Waals surface area (Å²) < 4.78 is 15.5. The summed E-state index contributed by atoms with van der Waals surface area (Å²) in [6.45, 7) is 3.85. The van der Waals surface area contributed by atoms with E-state index >= 15 is 0 Å². The molecule has 0 aliphatic rings. The first-order valence-corrected chi connectivity index (χ1v) is 9.13. The number of carbonyl (C=O) groups excluding carboxylic acids is 1. The molecule has 3 aromatic rings. The van der Waals surface area contributed by atoms with Crippen molar-refractivity contribution in [3.8, 4) is 5.69 Å². The second-order valence-electron chi connectivity index (χ2n) is 6.72. The Balaban J connectivity index is 2.24. The predicted molar refractivity (Wildman–Crippen MR) is 107 cm³/mol. The molecule has 0 radical (unpaired) electrons. The highest BCUT2D eigenvalue weighted by Crippen LogP contribution is 2.08. The lowest BCUT2D eigenvalue weighted by atomic mass is 10.2. The summed E-state index contributed by atoms with van der Waals surface area (Å²) in [5, 5.41) is 4.07. The molecule has 0 spiro atoms. The minimum atomic E-state index is -0.812. The van der Waals surface area contributed by atoms with Gasteiger partial charge in [0.25, 0.3) is 11.5 Å². The van der Waals surface area contributed by atoms with Gasteiger partial charge in [0.05, 0.1) is 12.2 Å². The van der Waals surface area contributed by atoms with Gasteiger partial charge in [-0.1, -0.05) is 29.8 Å². The average Bonchev–Trinajstić information content (AvgIpc) is 2.71. The van der Waals surface area contributed by atoms with E-state index in [1.165, 1.54) is 23.1 Å². The van der Waals surface area contributed by atoms with E-state index in [1.54, 1.807) is 44.3 Å². The van der Waals surface area contributed by atoms with Crippen LogP contribution in [0.25, 0.3) is 5.69 Å². The number of aryl methyl sites for hydroxylation is 1. The molecule has 0 atom stereocenters. The smallest absolute Gasteiger partial charge is 0.340 e. The molecule has 1 amide bonds. The zero-order valence-corrected chi connectivity index (χ0v) is 16.4. The summed E-state index contributed by atoms with van der Waals surface area (Å²) in [7, 11) is 1.54. The summed E-state index contributed by atoms with van der Waals surface area (Å²) in [5.74, 6) is -1.07. The molecule has 0 aliphatic heterocycles. The Kier molecular flexibility index (Phi) is 5.72. The molecule has 1 heterocycles. The molecule has 150 valence electrons. The molecule has 8 heteroatoms. The Hall–Kier alpha value is -3.55. The average molecular weight is 396 g/mol. The molecule has 29 heavy (non-hydrogen) atoms. The van der Waals surface area contributed by atoms with Gasteiger partial charge >= 0.3 is 5.69 Å². The SMILES string of the molecule is CCN(C)C(=O)c1nn(-c2ccc(C)cc2)c(=O)n(Cc2cccc(F)c2)c1=O. The molecule has 0 unspecified atom stereocenters. The molecule has 0 bridgehead atoms. The van der Waals surface area contributed by atoms with Gasteiger partial charge in [-0.3, -0.25) is 14.2 Å². The van der Waals surface area contributed by atoms with Crippen LogP contribution < -0.4 is 11.2 Å². The maximum atomic E-state index is 13.6. The van der Waals surface area contributed by atoms with Gasteiger partial charge in [-0.15, -0.1) is 0 Å². The third-order valence-electron chi connectivity index (χ3n) is 4.59. The summed E-state index contributed by atoms with van der Waals surface area (Å²) >= 11 is 0. The van der Waals surface area contributed by atoms with Gasteiger partial charge in [0.1, 0.15) is 5.82 Å². The maximum Gasteiger partial charge on any atom is 0.352 e. The predicted octanol–water partition coefficient (Wildman–Crippen LogP) is 1.98. The van der Waals surface area contributed by atoms with Gasteiger partial charge < -0.3 is 4.90 Å². The van der Waals surface area contributed by atoms with Crippen molar-refractivity contribution in [2.75, 3.05) is 13.6 Å². The minimum absolute atomic E-state index is 0.181. The van der Waals surface area contributed by atoms with Gasteiger partial charge in [-0.25, -0.2) is 9.18 Å². The van der Waals surface area contributed by atoms with Crippen molar-refractivity contribution in [1.29, 1.82) is 0 Å². The zero-order chi connectivity index (χ0) is 21.1. The second kappa shape index (κ2) is 8.22. The van der Waals surface area contributed by atoms with Crippen molar-refractivity contribution in [3.05, 3.63) is 92.0 Å². The van der Waals surface area contributed by atoms with Crippen molar-refractivity contribution in [2.45, 2.75) is 20.4 Å². The van der Waals surface area contributed by atoms with Crippen LogP contribution in [-0.4, -0.2) is 38.7 Å². The van der Waals surface area contributed by atoms with Gasteiger partial charge in [0.2, 0.25) is 5.69 Å². The number of carbonyl (C=O) groups is 1. The number of rotatable bonds is 5. The molecule has 7 nitrogen and oxygen atoms in total. The quantitative estimate of drug-likeness (QED) is 0.661. The van der Waals surface area contributed by atoms with Gasteiger partial charge in [-0.05, 0) is 43.7 Å². The highest BCUT2D eigenvalue weighted by Gasteiger charge is 2.22. The van der Waals surface area contributed by atoms with Crippen molar-refractivity contribution in [3.63, 3.8) is 0 Å². The van der Waals surface area contributed by atoms with Crippen molar-refractivity contribution in [2.24, 2.45) is 0 Å². The molecule has 0 N–H and O–H groups in total. The van der Waals surface area contributed by atoms with E-state index in [-0.39, 0.29) is 12.2 Å². The molecule has 1 aromatic heterocycles. The first-order valence-electron chi connectivity index (χ1n) is 9.13. The summed E-state index contributed by atoms with van der Waals surface area (Å²) in [6, 6.07) is 12.6. The molecule has 0 saturated heterocycles. The van der Waals surface area contributed by atoms with Crippen LogP contribution in [0.5, 0.6) is 0 Å². The van der Waals surface area contributed by atoms with Crippen molar-refractivity contribution >= 4 is 5.91 Å². The number of aromatic nitrogens is 3. The van der Waals surface area contributed by atoms with E-state index in [0.29, 0.717) is 17.8 Å². The van der Waals surface area contributed by atoms with Crippen LogP contribution >= 0.6 is 0 Å². The van der Waals surface area contributed by atoms with Crippen LogP contribution in [0.1, 0.15) is 28.5 Å². The second-order valence-corrected chi connectivity index (χ2v) is 6.72. The van der Waals surface area contributed by atoms with Gasteiger partial charge in [-0.2, -0.15) is 9.78 Å². The lowest BCUT2D eigenvalue weighted by Crippen LogP contribution is -2.46. The number of hydrogen-bond acceptors (Lipinski definition) is 4. The van der Waals surface area contributed by atoms with E-state index in [2.05, 4.69) is 5.10 Å². The topological polar surface area (TPSA) is 77.2 Å². The van der Waals surface area contributed by atoms with Crippen LogP contribution in [0.4, 0.5) is 4.39 Å². The first kappa shape index (κ1) is 20.2. The lowest BCUT2D eigenvalue weighted by Gasteiger charge is -2.16. The number of benzene rings is 2. The highest BCUT2D eigenvalue weighted by atomic mass is 19.1. The van der Waals surface area contributed by atoms with Crippen LogP contribution in [-0.2, 0) is 6.54 Å². The fourth-order valence-corrected chi connectivity index (χ4v) is 2.78. The highest BCUT2D eigenvalue weighted by molar-refractivity contribution is 5.91. The lowest BCUT2D eigenvalue weighted by molar-refractivity contribution is 0.0791. The third-order valence-corrected chi connectivity index (χ3v) is 4.59. The van der Waals surface area contributed by atoms with E-state index in [1.807, 2.05) is 6.92 Å². The third kappa shape index (κ3) is 4.16. The number of hydrogen-bond donors (Lipinski definition) is 0. The summed E-state index contributed by atoms with van der Waals surface area (Å²) in [6.07, 6.45) is 0. The Morgan fingerprint density at radius 2 is 1.83 bits per heavy atom. The Bertz CT molecular complexity index is 1170. The zero-order valence-electron chi connectivity index (χ0n) is 16.4. The summed E-state index contributed by atoms with van der Waals surface area (Å²) in [5.41, 5.74) is -0.0653.